The van der Waals surface area contributed by atoms with Gasteiger partial charge >= 0.3 is 0 Å². The summed E-state index contributed by atoms with van der Waals surface area (Å²) in [7, 11) is -3.43. The van der Waals surface area contributed by atoms with Gasteiger partial charge in [-0.3, -0.25) is 4.79 Å². The van der Waals surface area contributed by atoms with Crippen molar-refractivity contribution >= 4 is 26.8 Å². The van der Waals surface area contributed by atoms with E-state index in [1.807, 2.05) is 12.1 Å². The maximum absolute atomic E-state index is 12.7. The largest absolute Gasteiger partial charge is 0.356 e. The Labute approximate surface area is 183 Å². The van der Waals surface area contributed by atoms with E-state index in [4.69, 9.17) is 0 Å². The molecule has 0 atom stereocenters. The molecule has 0 radical (unpaired) electrons. The standard InChI is InChI=1S/C24H29N3O3S/c28-24(25-14-6-15-26-18-13-21-7-2-3-8-23(21)26)19-20-9-11-22(12-10-20)31(29,30)27-16-4-1-5-17-27/h2-3,7-13,18H,1,4-6,14-17,19H2,(H,25,28). The molecule has 7 heteroatoms. The van der Waals surface area contributed by atoms with Gasteiger partial charge in [-0.25, -0.2) is 8.42 Å². The summed E-state index contributed by atoms with van der Waals surface area (Å²) in [4.78, 5) is 12.6. The maximum Gasteiger partial charge on any atom is 0.243 e. The van der Waals surface area contributed by atoms with E-state index in [0.717, 1.165) is 37.8 Å². The molecule has 0 spiro atoms. The molecule has 3 aromatic rings. The molecular formula is C24H29N3O3S. The lowest BCUT2D eigenvalue weighted by Crippen LogP contribution is -2.35. The van der Waals surface area contributed by atoms with Crippen LogP contribution in [-0.2, 0) is 27.8 Å². The molecule has 164 valence electrons. The molecular weight excluding hydrogens is 410 g/mol. The van der Waals surface area contributed by atoms with Crippen LogP contribution in [0.4, 0.5) is 0 Å². The summed E-state index contributed by atoms with van der Waals surface area (Å²) in [6.07, 6.45) is 6.08. The van der Waals surface area contributed by atoms with Crippen LogP contribution in [0.5, 0.6) is 0 Å². The summed E-state index contributed by atoms with van der Waals surface area (Å²) in [5, 5.41) is 4.18. The molecule has 0 saturated carbocycles. The van der Waals surface area contributed by atoms with E-state index in [1.54, 1.807) is 28.6 Å². The molecule has 0 aliphatic carbocycles. The van der Waals surface area contributed by atoms with Crippen LogP contribution in [0, 0.1) is 0 Å². The summed E-state index contributed by atoms with van der Waals surface area (Å²) in [6, 6.07) is 17.1. The van der Waals surface area contributed by atoms with Crippen LogP contribution < -0.4 is 5.32 Å². The summed E-state index contributed by atoms with van der Waals surface area (Å²) in [5.41, 5.74) is 2.01. The van der Waals surface area contributed by atoms with Crippen molar-refractivity contribution in [3.63, 3.8) is 0 Å². The first-order chi connectivity index (χ1) is 15.0. The number of hydrogen-bond acceptors (Lipinski definition) is 3. The topological polar surface area (TPSA) is 71.4 Å². The number of piperidine rings is 1. The number of carbonyl (C=O) groups excluding carboxylic acids is 1. The van der Waals surface area contributed by atoms with Gasteiger partial charge in [-0.05, 0) is 54.5 Å². The van der Waals surface area contributed by atoms with E-state index >= 15 is 0 Å². The average Bonchev–Trinajstić information content (AvgIpc) is 3.21. The van der Waals surface area contributed by atoms with E-state index in [1.165, 1.54) is 10.9 Å². The highest BCUT2D eigenvalue weighted by atomic mass is 32.2. The van der Waals surface area contributed by atoms with E-state index in [2.05, 4.69) is 34.3 Å². The number of amides is 1. The first-order valence-corrected chi connectivity index (χ1v) is 12.4. The van der Waals surface area contributed by atoms with Crippen LogP contribution >= 0.6 is 0 Å². The number of para-hydroxylation sites is 1. The van der Waals surface area contributed by atoms with Crippen molar-refractivity contribution in [2.75, 3.05) is 19.6 Å². The fraction of sp³-hybridized carbons (Fsp3) is 0.375. The molecule has 1 aliphatic heterocycles. The number of nitrogens with one attached hydrogen (secondary N) is 1. The predicted octanol–water partition coefficient (Wildman–Crippen LogP) is 3.56. The lowest BCUT2D eigenvalue weighted by atomic mass is 10.1. The monoisotopic (exact) mass is 439 g/mol. The summed E-state index contributed by atoms with van der Waals surface area (Å²) in [6.45, 7) is 2.63. The number of rotatable bonds is 8. The van der Waals surface area contributed by atoms with Gasteiger partial charge < -0.3 is 9.88 Å². The SMILES string of the molecule is O=C(Cc1ccc(S(=O)(=O)N2CCCCC2)cc1)NCCCn1ccc2ccccc21. The highest BCUT2D eigenvalue weighted by Crippen LogP contribution is 2.21. The molecule has 4 rings (SSSR count). The maximum atomic E-state index is 12.7. The molecule has 1 aromatic heterocycles. The lowest BCUT2D eigenvalue weighted by Gasteiger charge is -2.25. The van der Waals surface area contributed by atoms with Crippen LogP contribution in [0.15, 0.2) is 65.7 Å². The quantitative estimate of drug-likeness (QED) is 0.546. The number of benzene rings is 2. The number of aryl methyl sites for hydroxylation is 1. The normalized spacial score (nSPS) is 15.2. The zero-order chi connectivity index (χ0) is 21.7. The minimum absolute atomic E-state index is 0.0519. The molecule has 0 unspecified atom stereocenters. The third-order valence-corrected chi connectivity index (χ3v) is 7.73. The van der Waals surface area contributed by atoms with E-state index in [9.17, 15) is 13.2 Å². The van der Waals surface area contributed by atoms with Gasteiger partial charge in [-0.2, -0.15) is 4.31 Å². The minimum atomic E-state index is -3.43. The van der Waals surface area contributed by atoms with Crippen molar-refractivity contribution < 1.29 is 13.2 Å². The van der Waals surface area contributed by atoms with Gasteiger partial charge in [0, 0.05) is 37.9 Å². The van der Waals surface area contributed by atoms with Crippen molar-refractivity contribution in [3.8, 4) is 0 Å². The zero-order valence-corrected chi connectivity index (χ0v) is 18.5. The highest BCUT2D eigenvalue weighted by Gasteiger charge is 2.25. The summed E-state index contributed by atoms with van der Waals surface area (Å²) >= 11 is 0. The van der Waals surface area contributed by atoms with E-state index in [-0.39, 0.29) is 12.3 Å². The number of fused-ring (bicyclic) bond motifs is 1. The van der Waals surface area contributed by atoms with Crippen molar-refractivity contribution in [2.45, 2.75) is 43.5 Å². The first kappa shape index (κ1) is 21.6. The van der Waals surface area contributed by atoms with Gasteiger partial charge in [0.05, 0.1) is 11.3 Å². The van der Waals surface area contributed by atoms with Crippen molar-refractivity contribution in [3.05, 3.63) is 66.4 Å². The Morgan fingerprint density at radius 2 is 1.68 bits per heavy atom. The number of hydrogen-bond donors (Lipinski definition) is 1. The molecule has 1 fully saturated rings. The molecule has 6 nitrogen and oxygen atoms in total. The fourth-order valence-corrected chi connectivity index (χ4v) is 5.61. The molecule has 1 N–H and O–H groups in total. The number of nitrogens with zero attached hydrogens (tertiary/aromatic N) is 2. The third kappa shape index (κ3) is 5.17. The Hall–Kier alpha value is -2.64. The molecule has 2 heterocycles. The molecule has 0 bridgehead atoms. The molecule has 2 aromatic carbocycles. The number of carbonyl (C=O) groups is 1. The second kappa shape index (κ2) is 9.66. The van der Waals surface area contributed by atoms with Gasteiger partial charge in [-0.1, -0.05) is 36.8 Å². The number of aromatic nitrogens is 1. The van der Waals surface area contributed by atoms with E-state index in [0.29, 0.717) is 24.5 Å². The van der Waals surface area contributed by atoms with Gasteiger partial charge in [0.1, 0.15) is 0 Å². The second-order valence-corrected chi connectivity index (χ2v) is 9.99. The molecule has 1 saturated heterocycles. The van der Waals surface area contributed by atoms with Crippen molar-refractivity contribution in [1.29, 1.82) is 0 Å². The molecule has 1 aliphatic rings. The summed E-state index contributed by atoms with van der Waals surface area (Å²) in [5.74, 6) is -0.0519. The highest BCUT2D eigenvalue weighted by molar-refractivity contribution is 7.89. The zero-order valence-electron chi connectivity index (χ0n) is 17.7. The van der Waals surface area contributed by atoms with Crippen LogP contribution in [-0.4, -0.2) is 42.8 Å². The smallest absolute Gasteiger partial charge is 0.243 e. The average molecular weight is 440 g/mol. The van der Waals surface area contributed by atoms with Gasteiger partial charge in [0.15, 0.2) is 0 Å². The third-order valence-electron chi connectivity index (χ3n) is 5.82. The van der Waals surface area contributed by atoms with Crippen LogP contribution in [0.2, 0.25) is 0 Å². The van der Waals surface area contributed by atoms with Crippen LogP contribution in [0.1, 0.15) is 31.2 Å². The Kier molecular flexibility index (Phi) is 6.73. The first-order valence-electron chi connectivity index (χ1n) is 10.9. The van der Waals surface area contributed by atoms with Gasteiger partial charge in [0.25, 0.3) is 0 Å². The fourth-order valence-electron chi connectivity index (χ4n) is 4.09. The Balaban J connectivity index is 1.25. The Bertz CT molecular complexity index is 1130. The number of sulfonamides is 1. The van der Waals surface area contributed by atoms with Gasteiger partial charge in [0.2, 0.25) is 15.9 Å². The van der Waals surface area contributed by atoms with Gasteiger partial charge in [-0.15, -0.1) is 0 Å². The summed E-state index contributed by atoms with van der Waals surface area (Å²) < 4.78 is 29.2. The Morgan fingerprint density at radius 1 is 0.935 bits per heavy atom. The molecule has 31 heavy (non-hydrogen) atoms. The van der Waals surface area contributed by atoms with Crippen molar-refractivity contribution in [2.24, 2.45) is 0 Å². The van der Waals surface area contributed by atoms with E-state index < -0.39 is 10.0 Å². The van der Waals surface area contributed by atoms with Crippen LogP contribution in [0.3, 0.4) is 0 Å². The molecule has 1 amide bonds. The Morgan fingerprint density at radius 3 is 2.45 bits per heavy atom. The van der Waals surface area contributed by atoms with Crippen LogP contribution in [0.25, 0.3) is 10.9 Å². The second-order valence-electron chi connectivity index (χ2n) is 8.06. The lowest BCUT2D eigenvalue weighted by molar-refractivity contribution is -0.120. The predicted molar refractivity (Wildman–Crippen MR) is 122 cm³/mol. The minimum Gasteiger partial charge on any atom is -0.356 e. The van der Waals surface area contributed by atoms with Crippen molar-refractivity contribution in [1.82, 2.24) is 14.2 Å².